The van der Waals surface area contributed by atoms with Gasteiger partial charge < -0.3 is 10.4 Å². The van der Waals surface area contributed by atoms with Gasteiger partial charge in [-0.1, -0.05) is 30.3 Å². The van der Waals surface area contributed by atoms with E-state index in [1.807, 2.05) is 6.07 Å². The molecule has 0 aliphatic rings. The summed E-state index contributed by atoms with van der Waals surface area (Å²) < 4.78 is 0. The van der Waals surface area contributed by atoms with E-state index in [9.17, 15) is 14.7 Å². The van der Waals surface area contributed by atoms with E-state index < -0.39 is 0 Å². The number of anilines is 2. The van der Waals surface area contributed by atoms with Crippen LogP contribution in [0.25, 0.3) is 0 Å². The Hall–Kier alpha value is -3.58. The number of carbonyl (C=O) groups is 2. The quantitative estimate of drug-likeness (QED) is 0.647. The third-order valence-corrected chi connectivity index (χ3v) is 3.73. The van der Waals surface area contributed by atoms with Gasteiger partial charge in [0.25, 0.3) is 11.8 Å². The van der Waals surface area contributed by atoms with Crippen molar-refractivity contribution in [1.29, 1.82) is 0 Å². The van der Waals surface area contributed by atoms with Gasteiger partial charge in [-0.25, -0.2) is 4.98 Å². The van der Waals surface area contributed by atoms with Crippen LogP contribution in [0.15, 0.2) is 60.7 Å². The van der Waals surface area contributed by atoms with Crippen LogP contribution in [0.5, 0.6) is 0 Å². The highest BCUT2D eigenvalue weighted by atomic mass is 16.3. The van der Waals surface area contributed by atoms with E-state index in [1.165, 1.54) is 0 Å². The molecule has 7 heteroatoms. The lowest BCUT2D eigenvalue weighted by atomic mass is 10.1. The van der Waals surface area contributed by atoms with Crippen LogP contribution in [0.3, 0.4) is 0 Å². The zero-order valence-electron chi connectivity index (χ0n) is 14.6. The second kappa shape index (κ2) is 8.20. The highest BCUT2D eigenvalue weighted by Gasteiger charge is 2.12. The lowest BCUT2D eigenvalue weighted by Gasteiger charge is -2.09. The Labute approximate surface area is 156 Å². The molecule has 0 unspecified atom stereocenters. The molecule has 1 aromatic heterocycles. The molecule has 136 valence electrons. The number of hydrogen-bond donors (Lipinski definition) is 3. The molecule has 1 heterocycles. The third kappa shape index (κ3) is 4.74. The van der Waals surface area contributed by atoms with Crippen molar-refractivity contribution < 1.29 is 14.7 Å². The smallest absolute Gasteiger partial charge is 0.258 e. The lowest BCUT2D eigenvalue weighted by Crippen LogP contribution is -2.17. The summed E-state index contributed by atoms with van der Waals surface area (Å²) in [6, 6.07) is 17.0. The van der Waals surface area contributed by atoms with Gasteiger partial charge in [-0.2, -0.15) is 4.98 Å². The Morgan fingerprint density at radius 3 is 2.33 bits per heavy atom. The van der Waals surface area contributed by atoms with E-state index in [1.54, 1.807) is 61.5 Å². The SMILES string of the molecule is Cc1cc(NC(=O)c2cccc(CO)c2)nc(NC(=O)c2ccccc2)n1. The van der Waals surface area contributed by atoms with E-state index >= 15 is 0 Å². The summed E-state index contributed by atoms with van der Waals surface area (Å²) in [6.07, 6.45) is 0. The van der Waals surface area contributed by atoms with Crippen LogP contribution in [0, 0.1) is 6.92 Å². The van der Waals surface area contributed by atoms with Gasteiger partial charge in [0.1, 0.15) is 5.82 Å². The predicted molar refractivity (Wildman–Crippen MR) is 101 cm³/mol. The molecule has 3 N–H and O–H groups in total. The minimum absolute atomic E-state index is 0.100. The number of aromatic nitrogens is 2. The summed E-state index contributed by atoms with van der Waals surface area (Å²) in [5, 5.41) is 14.5. The molecule has 3 aromatic rings. The maximum absolute atomic E-state index is 12.4. The van der Waals surface area contributed by atoms with Gasteiger partial charge in [0.05, 0.1) is 6.61 Å². The first-order valence-corrected chi connectivity index (χ1v) is 8.28. The molecular weight excluding hydrogens is 344 g/mol. The van der Waals surface area contributed by atoms with E-state index in [0.29, 0.717) is 22.4 Å². The Bertz CT molecular complexity index is 974. The molecule has 0 radical (unpaired) electrons. The molecule has 3 rings (SSSR count). The van der Waals surface area contributed by atoms with Crippen LogP contribution < -0.4 is 10.6 Å². The van der Waals surface area contributed by atoms with Crippen LogP contribution in [0.2, 0.25) is 0 Å². The molecule has 2 aromatic carbocycles. The van der Waals surface area contributed by atoms with Gasteiger partial charge in [-0.3, -0.25) is 14.9 Å². The number of nitrogens with zero attached hydrogens (tertiary/aromatic N) is 2. The maximum Gasteiger partial charge on any atom is 0.258 e. The average molecular weight is 362 g/mol. The molecule has 2 amide bonds. The van der Waals surface area contributed by atoms with Gasteiger partial charge in [0.15, 0.2) is 0 Å². The van der Waals surface area contributed by atoms with E-state index in [-0.39, 0.29) is 30.2 Å². The van der Waals surface area contributed by atoms with Crippen molar-refractivity contribution in [3.05, 3.63) is 83.0 Å². The zero-order valence-corrected chi connectivity index (χ0v) is 14.6. The largest absolute Gasteiger partial charge is 0.392 e. The van der Waals surface area contributed by atoms with Crippen molar-refractivity contribution in [3.8, 4) is 0 Å². The molecule has 0 atom stereocenters. The molecule has 0 saturated heterocycles. The molecule has 0 bridgehead atoms. The summed E-state index contributed by atoms with van der Waals surface area (Å²) >= 11 is 0. The van der Waals surface area contributed by atoms with Crippen molar-refractivity contribution >= 4 is 23.6 Å². The van der Waals surface area contributed by atoms with Gasteiger partial charge in [-0.05, 0) is 36.8 Å². The second-order valence-electron chi connectivity index (χ2n) is 5.85. The number of aliphatic hydroxyl groups is 1. The van der Waals surface area contributed by atoms with E-state index in [4.69, 9.17) is 0 Å². The van der Waals surface area contributed by atoms with Crippen molar-refractivity contribution in [2.75, 3.05) is 10.6 Å². The maximum atomic E-state index is 12.4. The fourth-order valence-electron chi connectivity index (χ4n) is 2.45. The standard InChI is InChI=1S/C20H18N4O3/c1-13-10-17(22-19(27)16-9-5-6-14(11-16)12-25)23-20(21-13)24-18(26)15-7-3-2-4-8-15/h2-11,25H,12H2,1H3,(H2,21,22,23,24,26,27). The van der Waals surface area contributed by atoms with Crippen LogP contribution in [-0.4, -0.2) is 26.9 Å². The molecule has 0 aliphatic heterocycles. The monoisotopic (exact) mass is 362 g/mol. The Balaban J connectivity index is 1.77. The summed E-state index contributed by atoms with van der Waals surface area (Å²) in [7, 11) is 0. The fourth-order valence-corrected chi connectivity index (χ4v) is 2.45. The number of rotatable bonds is 5. The van der Waals surface area contributed by atoms with Gasteiger partial charge in [-0.15, -0.1) is 0 Å². The minimum Gasteiger partial charge on any atom is -0.392 e. The third-order valence-electron chi connectivity index (χ3n) is 3.73. The van der Waals surface area contributed by atoms with E-state index in [0.717, 1.165) is 0 Å². The van der Waals surface area contributed by atoms with Crippen molar-refractivity contribution in [1.82, 2.24) is 9.97 Å². The van der Waals surface area contributed by atoms with Gasteiger partial charge >= 0.3 is 0 Å². The molecule has 0 saturated carbocycles. The topological polar surface area (TPSA) is 104 Å². The number of aliphatic hydroxyl groups excluding tert-OH is 1. The highest BCUT2D eigenvalue weighted by Crippen LogP contribution is 2.13. The normalized spacial score (nSPS) is 10.3. The number of amides is 2. The lowest BCUT2D eigenvalue weighted by molar-refractivity contribution is 0.101. The Morgan fingerprint density at radius 1 is 0.889 bits per heavy atom. The Kier molecular flexibility index (Phi) is 5.53. The number of aryl methyl sites for hydroxylation is 1. The molecule has 0 fully saturated rings. The van der Waals surface area contributed by atoms with Crippen LogP contribution in [-0.2, 0) is 6.61 Å². The predicted octanol–water partition coefficient (Wildman–Crippen LogP) is 2.78. The van der Waals surface area contributed by atoms with Crippen LogP contribution in [0.1, 0.15) is 32.0 Å². The number of carbonyl (C=O) groups excluding carboxylic acids is 2. The first-order chi connectivity index (χ1) is 13.0. The van der Waals surface area contributed by atoms with Gasteiger partial charge in [0.2, 0.25) is 5.95 Å². The summed E-state index contributed by atoms with van der Waals surface area (Å²) in [5.74, 6) is -0.341. The van der Waals surface area contributed by atoms with Gasteiger partial charge in [0, 0.05) is 22.9 Å². The first kappa shape index (κ1) is 18.2. The number of nitrogens with one attached hydrogen (secondary N) is 2. The second-order valence-corrected chi connectivity index (χ2v) is 5.85. The average Bonchev–Trinajstić information content (AvgIpc) is 2.68. The minimum atomic E-state index is -0.372. The molecular formula is C20H18N4O3. The number of benzene rings is 2. The summed E-state index contributed by atoms with van der Waals surface area (Å²) in [6.45, 7) is 1.59. The van der Waals surface area contributed by atoms with Crippen molar-refractivity contribution in [3.63, 3.8) is 0 Å². The fraction of sp³-hybridized carbons (Fsp3) is 0.100. The summed E-state index contributed by atoms with van der Waals surface area (Å²) in [5.41, 5.74) is 2.10. The van der Waals surface area contributed by atoms with Crippen molar-refractivity contribution in [2.24, 2.45) is 0 Å². The zero-order chi connectivity index (χ0) is 19.2. The first-order valence-electron chi connectivity index (χ1n) is 8.28. The molecule has 0 spiro atoms. The molecule has 27 heavy (non-hydrogen) atoms. The molecule has 7 nitrogen and oxygen atoms in total. The number of hydrogen-bond acceptors (Lipinski definition) is 5. The molecule has 0 aliphatic carbocycles. The highest BCUT2D eigenvalue weighted by molar-refractivity contribution is 6.05. The van der Waals surface area contributed by atoms with Crippen LogP contribution in [0.4, 0.5) is 11.8 Å². The van der Waals surface area contributed by atoms with E-state index in [2.05, 4.69) is 20.6 Å². The summed E-state index contributed by atoms with van der Waals surface area (Å²) in [4.78, 5) is 33.0. The van der Waals surface area contributed by atoms with Crippen LogP contribution >= 0.6 is 0 Å². The van der Waals surface area contributed by atoms with Crippen molar-refractivity contribution in [2.45, 2.75) is 13.5 Å². The Morgan fingerprint density at radius 2 is 1.59 bits per heavy atom.